The molecule has 4 rings (SSSR count). The molecule has 1 aliphatic heterocycles. The van der Waals surface area contributed by atoms with E-state index in [9.17, 15) is 9.59 Å². The first-order valence-corrected chi connectivity index (χ1v) is 12.6. The molecular formula is C29H27Cl2N3O3. The largest absolute Gasteiger partial charge is 0.355 e. The average molecular weight is 536 g/mol. The summed E-state index contributed by atoms with van der Waals surface area (Å²) in [6, 6.07) is 21.2. The first-order chi connectivity index (χ1) is 17.6. The molecule has 3 aromatic rings. The Morgan fingerprint density at radius 2 is 1.81 bits per heavy atom. The van der Waals surface area contributed by atoms with Crippen molar-refractivity contribution in [2.75, 3.05) is 16.8 Å². The Hall–Kier alpha value is -3.37. The van der Waals surface area contributed by atoms with Crippen LogP contribution in [0.2, 0.25) is 10.0 Å². The number of ether oxygens (including phenoxy) is 1. The highest BCUT2D eigenvalue weighted by atomic mass is 35.5. The molecule has 0 bridgehead atoms. The number of rotatable bonds is 5. The second-order valence-corrected chi connectivity index (χ2v) is 11.0. The zero-order valence-corrected chi connectivity index (χ0v) is 22.3. The second-order valence-electron chi connectivity index (χ2n) is 10.2. The Labute approximate surface area is 226 Å². The molecule has 0 saturated carbocycles. The molecule has 37 heavy (non-hydrogen) atoms. The Morgan fingerprint density at radius 1 is 1.05 bits per heavy atom. The van der Waals surface area contributed by atoms with E-state index in [1.54, 1.807) is 47.4 Å². The summed E-state index contributed by atoms with van der Waals surface area (Å²) >= 11 is 13.0. The van der Waals surface area contributed by atoms with Gasteiger partial charge in [0.1, 0.15) is 12.2 Å². The standard InChI is InChI=1S/C29H27Cl2N3O3/c1-29(2,3)17-34-24-12-11-19(30)14-22(24)27(21-9-4-5-10-23(21)31)37-25(28(34)36)15-26(35)33-20-8-6-7-18(13-20)16-32/h4-14,25,27H,15,17H2,1-3H3,(H,33,35)/t25-,27-/m0/s1. The number of carbonyl (C=O) groups excluding carboxylic acids is 2. The van der Waals surface area contributed by atoms with Crippen molar-refractivity contribution in [3.63, 3.8) is 0 Å². The molecule has 0 saturated heterocycles. The van der Waals surface area contributed by atoms with Crippen LogP contribution in [0.4, 0.5) is 11.4 Å². The minimum atomic E-state index is -1.09. The first kappa shape index (κ1) is 26.7. The van der Waals surface area contributed by atoms with Gasteiger partial charge >= 0.3 is 0 Å². The maximum atomic E-state index is 13.9. The van der Waals surface area contributed by atoms with Crippen LogP contribution in [0.5, 0.6) is 0 Å². The third kappa shape index (κ3) is 6.31. The minimum absolute atomic E-state index is 0.223. The molecular weight excluding hydrogens is 509 g/mol. The highest BCUT2D eigenvalue weighted by molar-refractivity contribution is 6.31. The topological polar surface area (TPSA) is 82.4 Å². The van der Waals surface area contributed by atoms with E-state index in [1.807, 2.05) is 51.1 Å². The Balaban J connectivity index is 1.75. The first-order valence-electron chi connectivity index (χ1n) is 11.9. The number of benzene rings is 3. The molecule has 3 aromatic carbocycles. The normalized spacial score (nSPS) is 17.5. The van der Waals surface area contributed by atoms with E-state index in [0.717, 1.165) is 0 Å². The summed E-state index contributed by atoms with van der Waals surface area (Å²) in [6.07, 6.45) is -2.04. The van der Waals surface area contributed by atoms with Crippen molar-refractivity contribution in [1.82, 2.24) is 0 Å². The number of amides is 2. The summed E-state index contributed by atoms with van der Waals surface area (Å²) in [5, 5.41) is 12.9. The van der Waals surface area contributed by atoms with Gasteiger partial charge in [0.15, 0.2) is 0 Å². The summed E-state index contributed by atoms with van der Waals surface area (Å²) in [4.78, 5) is 28.7. The highest BCUT2D eigenvalue weighted by Crippen LogP contribution is 2.42. The molecule has 0 aromatic heterocycles. The van der Waals surface area contributed by atoms with Crippen LogP contribution in [0, 0.1) is 16.7 Å². The molecule has 6 nitrogen and oxygen atoms in total. The number of nitrogens with one attached hydrogen (secondary N) is 1. The van der Waals surface area contributed by atoms with Crippen molar-refractivity contribution in [2.45, 2.75) is 39.4 Å². The summed E-state index contributed by atoms with van der Waals surface area (Å²) < 4.78 is 6.42. The van der Waals surface area contributed by atoms with Crippen LogP contribution in [0.15, 0.2) is 66.7 Å². The van der Waals surface area contributed by atoms with Crippen LogP contribution in [0.1, 0.15) is 50.0 Å². The molecule has 0 unspecified atom stereocenters. The Bertz CT molecular complexity index is 1380. The van der Waals surface area contributed by atoms with Crippen molar-refractivity contribution in [2.24, 2.45) is 5.41 Å². The number of carbonyl (C=O) groups is 2. The lowest BCUT2D eigenvalue weighted by molar-refractivity contribution is -0.136. The summed E-state index contributed by atoms with van der Waals surface area (Å²) in [5.74, 6) is -0.736. The molecule has 0 fully saturated rings. The molecule has 2 atom stereocenters. The fraction of sp³-hybridized carbons (Fsp3) is 0.276. The van der Waals surface area contributed by atoms with E-state index in [1.165, 1.54) is 0 Å². The molecule has 0 radical (unpaired) electrons. The summed E-state index contributed by atoms with van der Waals surface area (Å²) in [7, 11) is 0. The highest BCUT2D eigenvalue weighted by Gasteiger charge is 2.39. The van der Waals surface area contributed by atoms with Gasteiger partial charge in [-0.15, -0.1) is 0 Å². The lowest BCUT2D eigenvalue weighted by Crippen LogP contribution is -2.44. The van der Waals surface area contributed by atoms with Gasteiger partial charge in [0, 0.05) is 39.1 Å². The van der Waals surface area contributed by atoms with Gasteiger partial charge in [-0.2, -0.15) is 5.26 Å². The van der Waals surface area contributed by atoms with Crippen LogP contribution in [-0.2, 0) is 14.3 Å². The molecule has 1 aliphatic rings. The quantitative estimate of drug-likeness (QED) is 0.391. The van der Waals surface area contributed by atoms with Crippen LogP contribution in [0.25, 0.3) is 0 Å². The maximum absolute atomic E-state index is 13.9. The number of nitriles is 1. The van der Waals surface area contributed by atoms with E-state index in [-0.39, 0.29) is 17.7 Å². The van der Waals surface area contributed by atoms with E-state index in [0.29, 0.717) is 44.7 Å². The SMILES string of the molecule is CC(C)(C)CN1C(=O)[C@H](CC(=O)Nc2cccc(C#N)c2)O[C@@H](c2ccccc2Cl)c2cc(Cl)ccc21. The van der Waals surface area contributed by atoms with Crippen LogP contribution >= 0.6 is 23.2 Å². The minimum Gasteiger partial charge on any atom is -0.355 e. The summed E-state index contributed by atoms with van der Waals surface area (Å²) in [5.41, 5.74) is 2.69. The number of halogens is 2. The Kier molecular flexibility index (Phi) is 7.89. The fourth-order valence-corrected chi connectivity index (χ4v) is 4.73. The van der Waals surface area contributed by atoms with Crippen molar-refractivity contribution >= 4 is 46.4 Å². The van der Waals surface area contributed by atoms with Gasteiger partial charge in [0.2, 0.25) is 5.91 Å². The third-order valence-corrected chi connectivity index (χ3v) is 6.45. The molecule has 190 valence electrons. The van der Waals surface area contributed by atoms with Gasteiger partial charge in [-0.25, -0.2) is 0 Å². The Morgan fingerprint density at radius 3 is 2.51 bits per heavy atom. The third-order valence-electron chi connectivity index (χ3n) is 5.87. The van der Waals surface area contributed by atoms with Crippen LogP contribution in [-0.4, -0.2) is 24.5 Å². The van der Waals surface area contributed by atoms with Gasteiger partial charge in [-0.3, -0.25) is 9.59 Å². The number of anilines is 2. The molecule has 0 aliphatic carbocycles. The number of nitrogens with zero attached hydrogens (tertiary/aromatic N) is 2. The van der Waals surface area contributed by atoms with E-state index in [4.69, 9.17) is 33.2 Å². The van der Waals surface area contributed by atoms with E-state index < -0.39 is 18.1 Å². The molecule has 0 spiro atoms. The van der Waals surface area contributed by atoms with Crippen molar-refractivity contribution < 1.29 is 14.3 Å². The van der Waals surface area contributed by atoms with Gasteiger partial charge in [-0.05, 0) is 47.9 Å². The molecule has 1 N–H and O–H groups in total. The zero-order valence-electron chi connectivity index (χ0n) is 20.8. The maximum Gasteiger partial charge on any atom is 0.256 e. The number of hydrogen-bond donors (Lipinski definition) is 1. The lowest BCUT2D eigenvalue weighted by Gasteiger charge is -2.31. The van der Waals surface area contributed by atoms with E-state index >= 15 is 0 Å². The van der Waals surface area contributed by atoms with Crippen molar-refractivity contribution in [1.29, 1.82) is 5.26 Å². The van der Waals surface area contributed by atoms with Crippen LogP contribution in [0.3, 0.4) is 0 Å². The zero-order chi connectivity index (χ0) is 26.7. The smallest absolute Gasteiger partial charge is 0.256 e. The molecule has 2 amide bonds. The molecule has 1 heterocycles. The predicted molar refractivity (Wildman–Crippen MR) is 146 cm³/mol. The van der Waals surface area contributed by atoms with Crippen LogP contribution < -0.4 is 10.2 Å². The predicted octanol–water partition coefficient (Wildman–Crippen LogP) is 6.76. The van der Waals surface area contributed by atoms with Crippen molar-refractivity contribution in [3.05, 3.63) is 93.5 Å². The van der Waals surface area contributed by atoms with Crippen molar-refractivity contribution in [3.8, 4) is 6.07 Å². The monoisotopic (exact) mass is 535 g/mol. The van der Waals surface area contributed by atoms with Gasteiger partial charge in [-0.1, -0.05) is 68.2 Å². The second kappa shape index (κ2) is 10.9. The lowest BCUT2D eigenvalue weighted by atomic mass is 9.94. The number of hydrogen-bond acceptors (Lipinski definition) is 4. The van der Waals surface area contributed by atoms with Gasteiger partial charge < -0.3 is 15.0 Å². The van der Waals surface area contributed by atoms with E-state index in [2.05, 4.69) is 5.32 Å². The van der Waals surface area contributed by atoms with Gasteiger partial charge in [0.05, 0.1) is 18.1 Å². The average Bonchev–Trinajstić information content (AvgIpc) is 2.94. The molecule has 8 heteroatoms. The fourth-order valence-electron chi connectivity index (χ4n) is 4.32. The number of fused-ring (bicyclic) bond motifs is 1. The van der Waals surface area contributed by atoms with Gasteiger partial charge in [0.25, 0.3) is 5.91 Å². The summed E-state index contributed by atoms with van der Waals surface area (Å²) in [6.45, 7) is 6.52.